The van der Waals surface area contributed by atoms with Crippen LogP contribution in [-0.2, 0) is 0 Å². The summed E-state index contributed by atoms with van der Waals surface area (Å²) in [7, 11) is 0. The zero-order chi connectivity index (χ0) is 20.2. The molecule has 0 bridgehead atoms. The van der Waals surface area contributed by atoms with E-state index in [1.165, 1.54) is 25.0 Å². The maximum absolute atomic E-state index is 13.4. The van der Waals surface area contributed by atoms with E-state index in [2.05, 4.69) is 11.7 Å². The molecule has 0 aliphatic heterocycles. The van der Waals surface area contributed by atoms with Gasteiger partial charge in [0.1, 0.15) is 5.75 Å². The average Bonchev–Trinajstić information content (AvgIpc) is 2.60. The minimum absolute atomic E-state index is 0.221. The fourth-order valence-corrected chi connectivity index (χ4v) is 3.75. The first-order chi connectivity index (χ1) is 12.5. The van der Waals surface area contributed by atoms with Gasteiger partial charge in [-0.2, -0.15) is 22.0 Å². The lowest BCUT2D eigenvalue weighted by atomic mass is 9.77. The van der Waals surface area contributed by atoms with Crippen molar-refractivity contribution in [1.82, 2.24) is 0 Å². The van der Waals surface area contributed by atoms with Crippen molar-refractivity contribution >= 4 is 11.6 Å². The fourth-order valence-electron chi connectivity index (χ4n) is 3.52. The van der Waals surface area contributed by atoms with E-state index in [0.717, 1.165) is 43.7 Å². The summed E-state index contributed by atoms with van der Waals surface area (Å²) in [5.74, 6) is 0.245. The molecular weight excluding hydrogens is 394 g/mol. The van der Waals surface area contributed by atoms with Crippen LogP contribution in [0.1, 0.15) is 63.4 Å². The molecule has 1 aliphatic carbocycles. The molecule has 2 rings (SSSR count). The summed E-state index contributed by atoms with van der Waals surface area (Å²) in [6.45, 7) is 2.15. The summed E-state index contributed by atoms with van der Waals surface area (Å²) >= 11 is 5.91. The molecule has 1 nitrogen and oxygen atoms in total. The molecule has 1 saturated carbocycles. The Labute approximate surface area is 160 Å². The van der Waals surface area contributed by atoms with Crippen LogP contribution < -0.4 is 4.74 Å². The van der Waals surface area contributed by atoms with Crippen molar-refractivity contribution in [3.8, 4) is 5.75 Å². The monoisotopic (exact) mass is 416 g/mol. The van der Waals surface area contributed by atoms with Gasteiger partial charge >= 0.3 is 12.3 Å². The van der Waals surface area contributed by atoms with Gasteiger partial charge in [0.25, 0.3) is 6.17 Å². The first-order valence-corrected chi connectivity index (χ1v) is 9.49. The van der Waals surface area contributed by atoms with Gasteiger partial charge in [0, 0.05) is 0 Å². The van der Waals surface area contributed by atoms with Crippen LogP contribution in [0.3, 0.4) is 0 Å². The summed E-state index contributed by atoms with van der Waals surface area (Å²) in [6.07, 6.45) is -7.60. The Hall–Kier alpha value is -1.11. The molecule has 1 unspecified atom stereocenters. The van der Waals surface area contributed by atoms with Crippen LogP contribution in [0.2, 0.25) is 5.02 Å². The van der Waals surface area contributed by atoms with E-state index in [-0.39, 0.29) is 10.9 Å². The van der Waals surface area contributed by atoms with E-state index in [1.54, 1.807) is 0 Å². The second kappa shape index (κ2) is 8.93. The van der Waals surface area contributed by atoms with E-state index < -0.39 is 24.2 Å². The van der Waals surface area contributed by atoms with Crippen LogP contribution >= 0.6 is 11.6 Å². The highest BCUT2D eigenvalue weighted by atomic mass is 35.5. The van der Waals surface area contributed by atoms with Crippen molar-refractivity contribution in [1.29, 1.82) is 0 Å². The first kappa shape index (κ1) is 22.2. The standard InChI is InChI=1S/C19H23ClF6O/c1-2-3-4-12-5-7-13(8-6-12)14-9-10-16(15(20)11-14)27-19(25,26)17(21)18(22,23)24/h9-13,17H,2-8H2,1H3. The van der Waals surface area contributed by atoms with Crippen LogP contribution in [0.15, 0.2) is 18.2 Å². The summed E-state index contributed by atoms with van der Waals surface area (Å²) in [5.41, 5.74) is 0.831. The summed E-state index contributed by atoms with van der Waals surface area (Å²) < 4.78 is 80.3. The first-order valence-electron chi connectivity index (χ1n) is 9.11. The number of ether oxygens (including phenoxy) is 1. The number of rotatable bonds is 7. The molecule has 1 aliphatic rings. The quantitative estimate of drug-likeness (QED) is 0.414. The molecule has 0 heterocycles. The van der Waals surface area contributed by atoms with E-state index in [9.17, 15) is 26.3 Å². The number of hydrogen-bond acceptors (Lipinski definition) is 1. The van der Waals surface area contributed by atoms with Gasteiger partial charge in [0.2, 0.25) is 0 Å². The van der Waals surface area contributed by atoms with E-state index in [4.69, 9.17) is 11.6 Å². The summed E-state index contributed by atoms with van der Waals surface area (Å²) in [6, 6.07) is 4.01. The highest BCUT2D eigenvalue weighted by Gasteiger charge is 2.59. The Morgan fingerprint density at radius 3 is 2.26 bits per heavy atom. The topological polar surface area (TPSA) is 9.23 Å². The lowest BCUT2D eigenvalue weighted by molar-refractivity contribution is -0.304. The zero-order valence-electron chi connectivity index (χ0n) is 15.0. The number of alkyl halides is 6. The summed E-state index contributed by atoms with van der Waals surface area (Å²) in [5, 5.41) is -0.255. The molecule has 0 amide bonds. The van der Waals surface area contributed by atoms with Crippen LogP contribution in [0.4, 0.5) is 26.3 Å². The van der Waals surface area contributed by atoms with Gasteiger partial charge < -0.3 is 4.74 Å². The highest BCUT2D eigenvalue weighted by molar-refractivity contribution is 6.32. The van der Waals surface area contributed by atoms with Crippen molar-refractivity contribution < 1.29 is 31.1 Å². The van der Waals surface area contributed by atoms with E-state index >= 15 is 0 Å². The molecule has 1 aromatic carbocycles. The lowest BCUT2D eigenvalue weighted by Gasteiger charge is -2.29. The zero-order valence-corrected chi connectivity index (χ0v) is 15.7. The van der Waals surface area contributed by atoms with Gasteiger partial charge in [-0.1, -0.05) is 43.9 Å². The largest absolute Gasteiger partial charge is 0.439 e. The molecule has 0 aromatic heterocycles. The van der Waals surface area contributed by atoms with Crippen molar-refractivity contribution in [3.63, 3.8) is 0 Å². The maximum Gasteiger partial charge on any atom is 0.439 e. The average molecular weight is 417 g/mol. The third-order valence-corrected chi connectivity index (χ3v) is 5.36. The smallest absolute Gasteiger partial charge is 0.429 e. The molecule has 0 saturated heterocycles. The number of benzene rings is 1. The van der Waals surface area contributed by atoms with Gasteiger partial charge in [-0.15, -0.1) is 0 Å². The Morgan fingerprint density at radius 2 is 1.74 bits per heavy atom. The van der Waals surface area contributed by atoms with Crippen LogP contribution in [0.5, 0.6) is 5.75 Å². The van der Waals surface area contributed by atoms with E-state index in [0.29, 0.717) is 5.92 Å². The minimum Gasteiger partial charge on any atom is -0.429 e. The van der Waals surface area contributed by atoms with Crippen molar-refractivity contribution in [3.05, 3.63) is 28.8 Å². The molecule has 0 N–H and O–H groups in total. The molecule has 0 radical (unpaired) electrons. The Kier molecular flexibility index (Phi) is 7.33. The number of halogens is 7. The van der Waals surface area contributed by atoms with Gasteiger partial charge in [-0.25, -0.2) is 4.39 Å². The third-order valence-electron chi connectivity index (χ3n) is 5.07. The predicted octanol–water partition coefficient (Wildman–Crippen LogP) is 7.68. The molecule has 1 fully saturated rings. The molecule has 0 spiro atoms. The SMILES string of the molecule is CCCCC1CCC(c2ccc(OC(F)(F)C(F)C(F)(F)F)c(Cl)c2)CC1. The number of hydrogen-bond donors (Lipinski definition) is 0. The van der Waals surface area contributed by atoms with Gasteiger partial charge in [-0.05, 0) is 55.2 Å². The van der Waals surface area contributed by atoms with Crippen LogP contribution in [0.25, 0.3) is 0 Å². The maximum atomic E-state index is 13.4. The second-order valence-corrected chi connectivity index (χ2v) is 7.52. The fraction of sp³-hybridized carbons (Fsp3) is 0.684. The minimum atomic E-state index is -5.73. The predicted molar refractivity (Wildman–Crippen MR) is 92.2 cm³/mol. The molecule has 8 heteroatoms. The number of unbranched alkanes of at least 4 members (excludes halogenated alkanes) is 1. The van der Waals surface area contributed by atoms with Gasteiger partial charge in [-0.3, -0.25) is 0 Å². The summed E-state index contributed by atoms with van der Waals surface area (Å²) in [4.78, 5) is 0. The highest BCUT2D eigenvalue weighted by Crippen LogP contribution is 2.42. The normalized spacial score (nSPS) is 22.5. The van der Waals surface area contributed by atoms with Gasteiger partial charge in [0.15, 0.2) is 0 Å². The van der Waals surface area contributed by atoms with Gasteiger partial charge in [0.05, 0.1) is 5.02 Å². The third kappa shape index (κ3) is 5.93. The lowest BCUT2D eigenvalue weighted by Crippen LogP contribution is -2.45. The Balaban J connectivity index is 2.02. The van der Waals surface area contributed by atoms with Crippen molar-refractivity contribution in [2.75, 3.05) is 0 Å². The molecule has 154 valence electrons. The van der Waals surface area contributed by atoms with Crippen LogP contribution in [0, 0.1) is 5.92 Å². The second-order valence-electron chi connectivity index (χ2n) is 7.12. The molecule has 1 atom stereocenters. The Bertz CT molecular complexity index is 611. The van der Waals surface area contributed by atoms with Crippen LogP contribution in [-0.4, -0.2) is 18.5 Å². The van der Waals surface area contributed by atoms with E-state index in [1.807, 2.05) is 0 Å². The molecular formula is C19H23ClF6O. The molecule has 27 heavy (non-hydrogen) atoms. The van der Waals surface area contributed by atoms with Crippen molar-refractivity contribution in [2.45, 2.75) is 76.2 Å². The van der Waals surface area contributed by atoms with Crippen molar-refractivity contribution in [2.24, 2.45) is 5.92 Å². The molecule has 1 aromatic rings. The Morgan fingerprint density at radius 1 is 1.11 bits per heavy atom.